The zero-order valence-electron chi connectivity index (χ0n) is 11.5. The van der Waals surface area contributed by atoms with Gasteiger partial charge in [-0.2, -0.15) is 5.10 Å². The second kappa shape index (κ2) is 6.89. The highest BCUT2D eigenvalue weighted by Crippen LogP contribution is 2.22. The molecule has 0 spiro atoms. The molecule has 0 unspecified atom stereocenters. The van der Waals surface area contributed by atoms with Crippen LogP contribution in [0.2, 0.25) is 0 Å². The number of nitrogens with one attached hydrogen (secondary N) is 1. The number of pyridine rings is 1. The van der Waals surface area contributed by atoms with E-state index in [1.54, 1.807) is 12.4 Å². The second-order valence-corrected chi connectivity index (χ2v) is 4.29. The molecule has 0 aliphatic rings. The Morgan fingerprint density at radius 3 is 3.05 bits per heavy atom. The van der Waals surface area contributed by atoms with Crippen LogP contribution in [0.25, 0.3) is 0 Å². The molecule has 5 heteroatoms. The van der Waals surface area contributed by atoms with Gasteiger partial charge in [-0.05, 0) is 19.0 Å². The summed E-state index contributed by atoms with van der Waals surface area (Å²) in [7, 11) is 0. The zero-order chi connectivity index (χ0) is 13.5. The highest BCUT2D eigenvalue weighted by molar-refractivity contribution is 5.29. The third-order valence-electron chi connectivity index (χ3n) is 2.69. The summed E-state index contributed by atoms with van der Waals surface area (Å²) in [5.74, 6) is 1.37. The summed E-state index contributed by atoms with van der Waals surface area (Å²) in [5, 5.41) is 7.52. The van der Waals surface area contributed by atoms with Crippen LogP contribution in [0.5, 0.6) is 11.6 Å². The second-order valence-electron chi connectivity index (χ2n) is 4.29. The smallest absolute Gasteiger partial charge is 0.223 e. The summed E-state index contributed by atoms with van der Waals surface area (Å²) in [6.45, 7) is 6.77. The molecule has 102 valence electrons. The largest absolute Gasteiger partial charge is 0.435 e. The van der Waals surface area contributed by atoms with E-state index in [9.17, 15) is 0 Å². The van der Waals surface area contributed by atoms with Crippen molar-refractivity contribution in [2.75, 3.05) is 6.54 Å². The van der Waals surface area contributed by atoms with Crippen molar-refractivity contribution in [3.05, 3.63) is 36.3 Å². The molecule has 0 fully saturated rings. The van der Waals surface area contributed by atoms with Gasteiger partial charge in [0.05, 0.1) is 12.4 Å². The van der Waals surface area contributed by atoms with Crippen LogP contribution >= 0.6 is 0 Å². The van der Waals surface area contributed by atoms with Gasteiger partial charge in [0.15, 0.2) is 5.75 Å². The number of aryl methyl sites for hydroxylation is 1. The highest BCUT2D eigenvalue weighted by atomic mass is 16.5. The van der Waals surface area contributed by atoms with Crippen molar-refractivity contribution in [3.8, 4) is 11.6 Å². The molecule has 5 nitrogen and oxygen atoms in total. The van der Waals surface area contributed by atoms with Crippen LogP contribution in [0, 0.1) is 0 Å². The Morgan fingerprint density at radius 1 is 1.37 bits per heavy atom. The van der Waals surface area contributed by atoms with Gasteiger partial charge in [-0.15, -0.1) is 0 Å². The summed E-state index contributed by atoms with van der Waals surface area (Å²) in [6.07, 6.45) is 6.41. The molecule has 0 saturated heterocycles. The third kappa shape index (κ3) is 3.79. The zero-order valence-corrected chi connectivity index (χ0v) is 11.5. The molecule has 19 heavy (non-hydrogen) atoms. The van der Waals surface area contributed by atoms with Gasteiger partial charge >= 0.3 is 0 Å². The Balaban J connectivity index is 2.08. The molecule has 2 aromatic rings. The maximum Gasteiger partial charge on any atom is 0.223 e. The Hall–Kier alpha value is -1.88. The van der Waals surface area contributed by atoms with E-state index < -0.39 is 0 Å². The molecule has 0 amide bonds. The van der Waals surface area contributed by atoms with E-state index in [0.717, 1.165) is 37.4 Å². The van der Waals surface area contributed by atoms with Gasteiger partial charge < -0.3 is 10.1 Å². The van der Waals surface area contributed by atoms with Crippen LogP contribution in [0.1, 0.15) is 25.8 Å². The minimum Gasteiger partial charge on any atom is -0.435 e. The maximum atomic E-state index is 5.80. The lowest BCUT2D eigenvalue weighted by molar-refractivity contribution is 0.452. The van der Waals surface area contributed by atoms with E-state index in [-0.39, 0.29) is 0 Å². The fraction of sp³-hybridized carbons (Fsp3) is 0.429. The van der Waals surface area contributed by atoms with Crippen LogP contribution in [-0.2, 0) is 13.1 Å². The Bertz CT molecular complexity index is 510. The highest BCUT2D eigenvalue weighted by Gasteiger charge is 2.07. The van der Waals surface area contributed by atoms with Crippen molar-refractivity contribution in [2.24, 2.45) is 0 Å². The SMILES string of the molecule is CCCn1cc(Oc2ncccc2CNCC)cn1. The standard InChI is InChI=1S/C14H20N4O/c1-3-8-18-11-13(10-17-18)19-14-12(9-15-4-2)6-5-7-16-14/h5-7,10-11,15H,3-4,8-9H2,1-2H3. The normalized spacial score (nSPS) is 10.6. The van der Waals surface area contributed by atoms with Gasteiger partial charge in [0.2, 0.25) is 5.88 Å². The minimum absolute atomic E-state index is 0.638. The molecule has 0 radical (unpaired) electrons. The first kappa shape index (κ1) is 13.5. The van der Waals surface area contributed by atoms with Gasteiger partial charge in [0, 0.05) is 24.8 Å². The van der Waals surface area contributed by atoms with E-state index >= 15 is 0 Å². The van der Waals surface area contributed by atoms with Crippen LogP contribution in [0.15, 0.2) is 30.7 Å². The van der Waals surface area contributed by atoms with Crippen molar-refractivity contribution < 1.29 is 4.74 Å². The minimum atomic E-state index is 0.638. The maximum absolute atomic E-state index is 5.80. The predicted molar refractivity (Wildman–Crippen MR) is 74.2 cm³/mol. The van der Waals surface area contributed by atoms with Crippen molar-refractivity contribution in [2.45, 2.75) is 33.4 Å². The van der Waals surface area contributed by atoms with E-state index in [0.29, 0.717) is 5.88 Å². The predicted octanol–water partition coefficient (Wildman–Crippen LogP) is 2.59. The Kier molecular flexibility index (Phi) is 4.92. The first-order valence-electron chi connectivity index (χ1n) is 6.68. The van der Waals surface area contributed by atoms with Gasteiger partial charge in [0.1, 0.15) is 0 Å². The van der Waals surface area contributed by atoms with Crippen molar-refractivity contribution >= 4 is 0 Å². The lowest BCUT2D eigenvalue weighted by atomic mass is 10.2. The van der Waals surface area contributed by atoms with Gasteiger partial charge in [0.25, 0.3) is 0 Å². The lowest BCUT2D eigenvalue weighted by Crippen LogP contribution is -2.12. The summed E-state index contributed by atoms with van der Waals surface area (Å²) < 4.78 is 7.68. The molecule has 2 aromatic heterocycles. The van der Waals surface area contributed by atoms with E-state index in [1.165, 1.54) is 0 Å². The monoisotopic (exact) mass is 260 g/mol. The molecular formula is C14H20N4O. The average molecular weight is 260 g/mol. The fourth-order valence-electron chi connectivity index (χ4n) is 1.77. The van der Waals surface area contributed by atoms with Gasteiger partial charge in [-0.25, -0.2) is 4.98 Å². The van der Waals surface area contributed by atoms with Crippen LogP contribution in [0.4, 0.5) is 0 Å². The third-order valence-corrected chi connectivity index (χ3v) is 2.69. The summed E-state index contributed by atoms with van der Waals surface area (Å²) in [6, 6.07) is 3.93. The molecule has 0 atom stereocenters. The van der Waals surface area contributed by atoms with Crippen molar-refractivity contribution in [1.82, 2.24) is 20.1 Å². The molecule has 0 aromatic carbocycles. The van der Waals surface area contributed by atoms with Crippen LogP contribution in [-0.4, -0.2) is 21.3 Å². The molecule has 0 aliphatic carbocycles. The quantitative estimate of drug-likeness (QED) is 0.831. The van der Waals surface area contributed by atoms with E-state index in [4.69, 9.17) is 4.74 Å². The summed E-state index contributed by atoms with van der Waals surface area (Å²) >= 11 is 0. The van der Waals surface area contributed by atoms with E-state index in [2.05, 4.69) is 29.2 Å². The Morgan fingerprint density at radius 2 is 2.26 bits per heavy atom. The first-order chi connectivity index (χ1) is 9.33. The molecule has 0 saturated carbocycles. The average Bonchev–Trinajstić information content (AvgIpc) is 2.86. The Labute approximate surface area is 113 Å². The van der Waals surface area contributed by atoms with Crippen LogP contribution in [0.3, 0.4) is 0 Å². The van der Waals surface area contributed by atoms with Gasteiger partial charge in [-0.1, -0.05) is 19.9 Å². The molecule has 1 N–H and O–H groups in total. The molecule has 2 heterocycles. The number of rotatable bonds is 7. The lowest BCUT2D eigenvalue weighted by Gasteiger charge is -2.08. The van der Waals surface area contributed by atoms with Crippen molar-refractivity contribution in [3.63, 3.8) is 0 Å². The first-order valence-corrected chi connectivity index (χ1v) is 6.68. The summed E-state index contributed by atoms with van der Waals surface area (Å²) in [4.78, 5) is 4.28. The number of nitrogens with zero attached hydrogens (tertiary/aromatic N) is 3. The molecule has 0 aliphatic heterocycles. The van der Waals surface area contributed by atoms with Gasteiger partial charge in [-0.3, -0.25) is 4.68 Å². The number of hydrogen-bond donors (Lipinski definition) is 1. The molecule has 2 rings (SSSR count). The topological polar surface area (TPSA) is 52.0 Å². The number of ether oxygens (including phenoxy) is 1. The number of aromatic nitrogens is 3. The molecular weight excluding hydrogens is 240 g/mol. The van der Waals surface area contributed by atoms with Crippen LogP contribution < -0.4 is 10.1 Å². The van der Waals surface area contributed by atoms with E-state index in [1.807, 2.05) is 23.0 Å². The summed E-state index contributed by atoms with van der Waals surface area (Å²) in [5.41, 5.74) is 1.05. The van der Waals surface area contributed by atoms with Crippen molar-refractivity contribution in [1.29, 1.82) is 0 Å². The number of hydrogen-bond acceptors (Lipinski definition) is 4. The fourth-order valence-corrected chi connectivity index (χ4v) is 1.77. The molecule has 0 bridgehead atoms.